The van der Waals surface area contributed by atoms with Crippen molar-refractivity contribution in [3.63, 3.8) is 0 Å². The molecule has 18 heavy (non-hydrogen) atoms. The number of fused-ring (bicyclic) bond motifs is 1. The van der Waals surface area contributed by atoms with Crippen molar-refractivity contribution in [2.45, 2.75) is 39.0 Å². The minimum Gasteiger partial charge on any atom is -0.361 e. The zero-order chi connectivity index (χ0) is 12.5. The Balaban J connectivity index is 1.68. The zero-order valence-corrected chi connectivity index (χ0v) is 10.9. The Hall–Kier alpha value is -1.32. The van der Waals surface area contributed by atoms with Gasteiger partial charge in [0.25, 0.3) is 5.91 Å². The summed E-state index contributed by atoms with van der Waals surface area (Å²) in [6.07, 6.45) is 6.50. The summed E-state index contributed by atoms with van der Waals surface area (Å²) in [5.74, 6) is 2.30. The zero-order valence-electron chi connectivity index (χ0n) is 10.9. The molecular formula is C14H20N2O2. The third-order valence-corrected chi connectivity index (χ3v) is 4.43. The van der Waals surface area contributed by atoms with Gasteiger partial charge in [-0.05, 0) is 31.6 Å². The van der Waals surface area contributed by atoms with E-state index in [2.05, 4.69) is 5.16 Å². The maximum atomic E-state index is 12.3. The van der Waals surface area contributed by atoms with Crippen molar-refractivity contribution in [2.24, 2.45) is 11.8 Å². The molecule has 1 aliphatic carbocycles. The highest BCUT2D eigenvalue weighted by Gasteiger charge is 2.33. The molecule has 1 saturated carbocycles. The third kappa shape index (κ3) is 2.16. The molecule has 1 amide bonds. The van der Waals surface area contributed by atoms with E-state index in [1.807, 2.05) is 11.8 Å². The van der Waals surface area contributed by atoms with E-state index in [4.69, 9.17) is 4.52 Å². The highest BCUT2D eigenvalue weighted by atomic mass is 16.5. The van der Waals surface area contributed by atoms with Crippen LogP contribution in [0, 0.1) is 18.8 Å². The van der Waals surface area contributed by atoms with Gasteiger partial charge in [-0.3, -0.25) is 4.79 Å². The largest absolute Gasteiger partial charge is 0.361 e. The van der Waals surface area contributed by atoms with Crippen LogP contribution in [0.5, 0.6) is 0 Å². The van der Waals surface area contributed by atoms with Crippen molar-refractivity contribution in [1.82, 2.24) is 10.1 Å². The smallest absolute Gasteiger partial charge is 0.276 e. The monoisotopic (exact) mass is 248 g/mol. The van der Waals surface area contributed by atoms with Gasteiger partial charge in [-0.2, -0.15) is 0 Å². The Kier molecular flexibility index (Phi) is 3.10. The number of amides is 1. The number of likely N-dealkylation sites (tertiary alicyclic amines) is 1. The second kappa shape index (κ2) is 4.75. The first kappa shape index (κ1) is 11.8. The normalized spacial score (nSPS) is 27.9. The van der Waals surface area contributed by atoms with E-state index in [9.17, 15) is 4.79 Å². The van der Waals surface area contributed by atoms with Crippen LogP contribution in [0.1, 0.15) is 48.4 Å². The predicted molar refractivity (Wildman–Crippen MR) is 67.2 cm³/mol. The van der Waals surface area contributed by atoms with Crippen molar-refractivity contribution < 1.29 is 9.32 Å². The van der Waals surface area contributed by atoms with E-state index in [1.165, 1.54) is 25.7 Å². The molecular weight excluding hydrogens is 228 g/mol. The molecule has 0 bridgehead atoms. The lowest BCUT2D eigenvalue weighted by molar-refractivity contribution is 0.0511. The molecule has 2 aliphatic rings. The Morgan fingerprint density at radius 1 is 1.33 bits per heavy atom. The van der Waals surface area contributed by atoms with Crippen LogP contribution in [-0.2, 0) is 0 Å². The molecule has 2 atom stereocenters. The van der Waals surface area contributed by atoms with E-state index in [-0.39, 0.29) is 5.91 Å². The van der Waals surface area contributed by atoms with Gasteiger partial charge in [0.15, 0.2) is 5.69 Å². The lowest BCUT2D eigenvalue weighted by atomic mass is 9.75. The van der Waals surface area contributed by atoms with Crippen LogP contribution < -0.4 is 0 Å². The number of hydrogen-bond donors (Lipinski definition) is 0. The van der Waals surface area contributed by atoms with Crippen molar-refractivity contribution in [3.05, 3.63) is 17.5 Å². The minimum absolute atomic E-state index is 0.0378. The summed E-state index contributed by atoms with van der Waals surface area (Å²) >= 11 is 0. The van der Waals surface area contributed by atoms with Gasteiger partial charge >= 0.3 is 0 Å². The molecule has 0 radical (unpaired) electrons. The lowest BCUT2D eigenvalue weighted by Crippen LogP contribution is -2.44. The van der Waals surface area contributed by atoms with Gasteiger partial charge < -0.3 is 9.42 Å². The molecule has 1 aromatic heterocycles. The van der Waals surface area contributed by atoms with Gasteiger partial charge in [-0.1, -0.05) is 24.4 Å². The van der Waals surface area contributed by atoms with Gasteiger partial charge in [0.2, 0.25) is 0 Å². The van der Waals surface area contributed by atoms with Gasteiger partial charge in [0.1, 0.15) is 5.76 Å². The standard InChI is InChI=1S/C14H20N2O2/c1-10-8-13(15-18-10)14(17)16-7-6-11-4-2-3-5-12(11)9-16/h8,11-12H,2-7,9H2,1H3/t11-,12+/m0/s1. The summed E-state index contributed by atoms with van der Waals surface area (Å²) < 4.78 is 4.99. The molecule has 98 valence electrons. The summed E-state index contributed by atoms with van der Waals surface area (Å²) in [5.41, 5.74) is 0.460. The number of aromatic nitrogens is 1. The summed E-state index contributed by atoms with van der Waals surface area (Å²) in [7, 11) is 0. The maximum Gasteiger partial charge on any atom is 0.276 e. The molecule has 2 heterocycles. The third-order valence-electron chi connectivity index (χ3n) is 4.43. The Bertz CT molecular complexity index is 441. The average molecular weight is 248 g/mol. The van der Waals surface area contributed by atoms with Crippen molar-refractivity contribution in [3.8, 4) is 0 Å². The molecule has 4 nitrogen and oxygen atoms in total. The van der Waals surface area contributed by atoms with Gasteiger partial charge in [0, 0.05) is 19.2 Å². The van der Waals surface area contributed by atoms with Crippen molar-refractivity contribution >= 4 is 5.91 Å². The lowest BCUT2D eigenvalue weighted by Gasteiger charge is -2.41. The predicted octanol–water partition coefficient (Wildman–Crippen LogP) is 2.64. The van der Waals surface area contributed by atoms with Crippen molar-refractivity contribution in [2.75, 3.05) is 13.1 Å². The summed E-state index contributed by atoms with van der Waals surface area (Å²) in [6, 6.07) is 1.73. The summed E-state index contributed by atoms with van der Waals surface area (Å²) in [5, 5.41) is 3.83. The van der Waals surface area contributed by atoms with E-state index < -0.39 is 0 Å². The highest BCUT2D eigenvalue weighted by molar-refractivity contribution is 5.92. The maximum absolute atomic E-state index is 12.3. The fourth-order valence-corrected chi connectivity index (χ4v) is 3.41. The minimum atomic E-state index is 0.0378. The molecule has 1 aliphatic heterocycles. The molecule has 0 spiro atoms. The number of hydrogen-bond acceptors (Lipinski definition) is 3. The van der Waals surface area contributed by atoms with E-state index in [0.29, 0.717) is 17.4 Å². The first-order chi connectivity index (χ1) is 8.74. The molecule has 0 aromatic carbocycles. The molecule has 0 unspecified atom stereocenters. The van der Waals surface area contributed by atoms with E-state index in [1.54, 1.807) is 6.07 Å². The van der Waals surface area contributed by atoms with Crippen LogP contribution in [-0.4, -0.2) is 29.1 Å². The second-order valence-electron chi connectivity index (χ2n) is 5.67. The number of nitrogens with zero attached hydrogens (tertiary/aromatic N) is 2. The summed E-state index contributed by atoms with van der Waals surface area (Å²) in [6.45, 7) is 3.61. The number of carbonyl (C=O) groups excluding carboxylic acids is 1. The quantitative estimate of drug-likeness (QED) is 0.767. The Morgan fingerprint density at radius 2 is 2.11 bits per heavy atom. The molecule has 0 N–H and O–H groups in total. The average Bonchev–Trinajstić information content (AvgIpc) is 2.84. The SMILES string of the molecule is Cc1cc(C(=O)N2CC[C@@H]3CCCC[C@@H]3C2)no1. The fraction of sp³-hybridized carbons (Fsp3) is 0.714. The van der Waals surface area contributed by atoms with Crippen LogP contribution in [0.25, 0.3) is 0 Å². The number of aryl methyl sites for hydroxylation is 1. The summed E-state index contributed by atoms with van der Waals surface area (Å²) in [4.78, 5) is 14.3. The van der Waals surface area contributed by atoms with Gasteiger partial charge in [0.05, 0.1) is 0 Å². The van der Waals surface area contributed by atoms with E-state index in [0.717, 1.165) is 25.4 Å². The first-order valence-electron chi connectivity index (χ1n) is 6.96. The number of piperidine rings is 1. The van der Waals surface area contributed by atoms with Crippen LogP contribution in [0.2, 0.25) is 0 Å². The van der Waals surface area contributed by atoms with Crippen LogP contribution in [0.3, 0.4) is 0 Å². The Morgan fingerprint density at radius 3 is 2.83 bits per heavy atom. The van der Waals surface area contributed by atoms with Crippen LogP contribution in [0.4, 0.5) is 0 Å². The second-order valence-corrected chi connectivity index (χ2v) is 5.67. The fourth-order valence-electron chi connectivity index (χ4n) is 3.41. The molecule has 3 rings (SSSR count). The molecule has 1 aromatic rings. The van der Waals surface area contributed by atoms with Gasteiger partial charge in [-0.25, -0.2) is 0 Å². The highest BCUT2D eigenvalue weighted by Crippen LogP contribution is 2.36. The molecule has 2 fully saturated rings. The van der Waals surface area contributed by atoms with Gasteiger partial charge in [-0.15, -0.1) is 0 Å². The van der Waals surface area contributed by atoms with E-state index >= 15 is 0 Å². The Labute approximate surface area is 107 Å². The van der Waals surface area contributed by atoms with Crippen molar-refractivity contribution in [1.29, 1.82) is 0 Å². The van der Waals surface area contributed by atoms with Crippen LogP contribution >= 0.6 is 0 Å². The molecule has 1 saturated heterocycles. The molecule has 4 heteroatoms. The number of rotatable bonds is 1. The first-order valence-corrected chi connectivity index (χ1v) is 6.96. The topological polar surface area (TPSA) is 46.3 Å². The number of carbonyl (C=O) groups is 1. The van der Waals surface area contributed by atoms with Crippen LogP contribution in [0.15, 0.2) is 10.6 Å².